The van der Waals surface area contributed by atoms with Gasteiger partial charge >= 0.3 is 6.18 Å². The second-order valence-electron chi connectivity index (χ2n) is 8.69. The van der Waals surface area contributed by atoms with E-state index in [1.54, 1.807) is 32.0 Å². The first-order chi connectivity index (χ1) is 16.7. The van der Waals surface area contributed by atoms with Crippen molar-refractivity contribution in [1.29, 1.82) is 0 Å². The molecule has 1 aliphatic rings. The molecule has 0 bridgehead atoms. The maximum Gasteiger partial charge on any atom is 0.416 e. The van der Waals surface area contributed by atoms with Crippen molar-refractivity contribution in [1.82, 2.24) is 20.3 Å². The van der Waals surface area contributed by atoms with Crippen LogP contribution in [0.3, 0.4) is 0 Å². The highest BCUT2D eigenvalue weighted by Gasteiger charge is 2.37. The van der Waals surface area contributed by atoms with Crippen LogP contribution < -0.4 is 0 Å². The molecule has 0 spiro atoms. The summed E-state index contributed by atoms with van der Waals surface area (Å²) in [6.07, 6.45) is -5.22. The minimum atomic E-state index is -4.45. The van der Waals surface area contributed by atoms with Gasteiger partial charge < -0.3 is 9.47 Å². The van der Waals surface area contributed by atoms with E-state index in [0.717, 1.165) is 29.1 Å². The minimum absolute atomic E-state index is 0.357. The number of aromatic amines is 1. The molecule has 35 heavy (non-hydrogen) atoms. The predicted octanol–water partition coefficient (Wildman–Crippen LogP) is 5.51. The minimum Gasteiger partial charge on any atom is -0.349 e. The number of morpholine rings is 1. The maximum atomic E-state index is 13.7. The van der Waals surface area contributed by atoms with Crippen molar-refractivity contribution in [3.8, 4) is 0 Å². The number of H-pyrrole nitrogens is 1. The molecule has 6 nitrogen and oxygen atoms in total. The summed E-state index contributed by atoms with van der Waals surface area (Å²) in [6, 6.07) is 9.53. The molecule has 4 rings (SSSR count). The van der Waals surface area contributed by atoms with E-state index in [-0.39, 0.29) is 5.82 Å². The normalized spacial score (nSPS) is 20.2. The van der Waals surface area contributed by atoms with Crippen LogP contribution >= 0.6 is 0 Å². The van der Waals surface area contributed by atoms with E-state index in [2.05, 4.69) is 20.3 Å². The Labute approximate surface area is 201 Å². The molecule has 2 heterocycles. The van der Waals surface area contributed by atoms with Crippen LogP contribution in [-0.2, 0) is 28.6 Å². The van der Waals surface area contributed by atoms with Gasteiger partial charge in [-0.1, -0.05) is 30.7 Å². The summed E-state index contributed by atoms with van der Waals surface area (Å²) in [5.74, 6) is -0.368. The molecule has 1 aromatic heterocycles. The van der Waals surface area contributed by atoms with Gasteiger partial charge in [-0.15, -0.1) is 0 Å². The first-order valence-corrected chi connectivity index (χ1v) is 11.5. The number of ether oxygens (including phenoxy) is 2. The first kappa shape index (κ1) is 25.3. The summed E-state index contributed by atoms with van der Waals surface area (Å²) < 4.78 is 66.0. The lowest BCUT2D eigenvalue weighted by Gasteiger charge is -2.41. The number of alkyl halides is 3. The molecule has 1 aliphatic heterocycles. The molecular formula is C25H28F4N4O2. The van der Waals surface area contributed by atoms with Gasteiger partial charge in [-0.3, -0.25) is 4.90 Å². The van der Waals surface area contributed by atoms with Crippen LogP contribution in [0.1, 0.15) is 59.6 Å². The highest BCUT2D eigenvalue weighted by atomic mass is 19.4. The van der Waals surface area contributed by atoms with Crippen molar-refractivity contribution >= 4 is 0 Å². The van der Waals surface area contributed by atoms with Gasteiger partial charge in [0.15, 0.2) is 6.29 Å². The second-order valence-corrected chi connectivity index (χ2v) is 8.69. The SMILES string of the molecule is CCc1n[nH]nc1CN1CCO[C@H](O[C@H](C)c2cc(C)cc(C(F)(F)F)c2)[C@@H]1c1ccc(F)cc1. The van der Waals surface area contributed by atoms with Gasteiger partial charge in [0, 0.05) is 13.1 Å². The average molecular weight is 493 g/mol. The lowest BCUT2D eigenvalue weighted by atomic mass is 10.0. The zero-order chi connectivity index (χ0) is 25.2. The van der Waals surface area contributed by atoms with Crippen LogP contribution in [-0.4, -0.2) is 39.8 Å². The van der Waals surface area contributed by atoms with E-state index in [0.29, 0.717) is 37.2 Å². The quantitative estimate of drug-likeness (QED) is 0.441. The third kappa shape index (κ3) is 5.88. The van der Waals surface area contributed by atoms with E-state index in [1.807, 2.05) is 6.92 Å². The van der Waals surface area contributed by atoms with Crippen molar-refractivity contribution in [2.24, 2.45) is 0 Å². The first-order valence-electron chi connectivity index (χ1n) is 11.5. The summed E-state index contributed by atoms with van der Waals surface area (Å²) in [6.45, 7) is 6.69. The Morgan fingerprint density at radius 2 is 1.86 bits per heavy atom. The van der Waals surface area contributed by atoms with Crippen molar-refractivity contribution < 1.29 is 27.0 Å². The summed E-state index contributed by atoms with van der Waals surface area (Å²) >= 11 is 0. The number of aryl methyl sites for hydroxylation is 2. The topological polar surface area (TPSA) is 63.3 Å². The molecular weight excluding hydrogens is 464 g/mol. The molecule has 0 unspecified atom stereocenters. The van der Waals surface area contributed by atoms with E-state index in [9.17, 15) is 17.6 Å². The molecule has 2 aromatic carbocycles. The van der Waals surface area contributed by atoms with E-state index < -0.39 is 30.2 Å². The number of nitrogens with zero attached hydrogens (tertiary/aromatic N) is 3. The fourth-order valence-electron chi connectivity index (χ4n) is 4.38. The Morgan fingerprint density at radius 1 is 1.14 bits per heavy atom. The Balaban J connectivity index is 1.63. The van der Waals surface area contributed by atoms with Crippen LogP contribution in [0.5, 0.6) is 0 Å². The maximum absolute atomic E-state index is 13.7. The number of rotatable bonds is 7. The molecule has 188 valence electrons. The lowest BCUT2D eigenvalue weighted by molar-refractivity contribution is -0.231. The number of halogens is 4. The van der Waals surface area contributed by atoms with Gasteiger partial charge in [0.05, 0.1) is 35.7 Å². The zero-order valence-corrected chi connectivity index (χ0v) is 19.8. The largest absolute Gasteiger partial charge is 0.416 e. The number of hydrogen-bond acceptors (Lipinski definition) is 5. The monoisotopic (exact) mass is 492 g/mol. The fraction of sp³-hybridized carbons (Fsp3) is 0.440. The average Bonchev–Trinajstić information content (AvgIpc) is 3.26. The highest BCUT2D eigenvalue weighted by Crippen LogP contribution is 2.37. The van der Waals surface area contributed by atoms with Gasteiger partial charge in [0.2, 0.25) is 0 Å². The Hall–Kier alpha value is -2.82. The van der Waals surface area contributed by atoms with Crippen molar-refractivity contribution in [2.45, 2.75) is 58.3 Å². The summed E-state index contributed by atoms with van der Waals surface area (Å²) in [5, 5.41) is 11.1. The smallest absolute Gasteiger partial charge is 0.349 e. The van der Waals surface area contributed by atoms with Crippen LogP contribution in [0, 0.1) is 12.7 Å². The molecule has 0 saturated carbocycles. The van der Waals surface area contributed by atoms with Crippen LogP contribution in [0.15, 0.2) is 42.5 Å². The van der Waals surface area contributed by atoms with Crippen LogP contribution in [0.2, 0.25) is 0 Å². The molecule has 0 aliphatic carbocycles. The third-order valence-electron chi connectivity index (χ3n) is 6.15. The summed E-state index contributed by atoms with van der Waals surface area (Å²) in [7, 11) is 0. The Kier molecular flexibility index (Phi) is 7.53. The molecule has 1 saturated heterocycles. The molecule has 0 amide bonds. The van der Waals surface area contributed by atoms with Gasteiger partial charge in [-0.25, -0.2) is 4.39 Å². The fourth-order valence-corrected chi connectivity index (χ4v) is 4.38. The number of benzene rings is 2. The Bertz CT molecular complexity index is 1130. The number of aromatic nitrogens is 3. The van der Waals surface area contributed by atoms with Gasteiger partial charge in [0.25, 0.3) is 0 Å². The van der Waals surface area contributed by atoms with Gasteiger partial charge in [0.1, 0.15) is 5.82 Å². The molecule has 1 N–H and O–H groups in total. The third-order valence-corrected chi connectivity index (χ3v) is 6.15. The lowest BCUT2D eigenvalue weighted by Crippen LogP contribution is -2.46. The van der Waals surface area contributed by atoms with Gasteiger partial charge in [-0.05, 0) is 55.7 Å². The van der Waals surface area contributed by atoms with Crippen molar-refractivity contribution in [2.75, 3.05) is 13.2 Å². The number of hydrogen-bond donors (Lipinski definition) is 1. The summed E-state index contributed by atoms with van der Waals surface area (Å²) in [4.78, 5) is 2.11. The highest BCUT2D eigenvalue weighted by molar-refractivity contribution is 5.32. The second kappa shape index (κ2) is 10.4. The standard InChI is InChI=1S/C25H28F4N4O2/c1-4-21-22(31-32-30-21)14-33-9-10-34-24(23(33)17-5-7-20(26)8-6-17)35-16(3)18-11-15(2)12-19(13-18)25(27,28)29/h5-8,11-13,16,23-24H,4,9-10,14H2,1-3H3,(H,30,31,32)/t16-,23+,24-/m1/s1. The molecule has 1 fully saturated rings. The molecule has 10 heteroatoms. The van der Waals surface area contributed by atoms with Crippen LogP contribution in [0.25, 0.3) is 0 Å². The van der Waals surface area contributed by atoms with E-state index in [4.69, 9.17) is 9.47 Å². The van der Waals surface area contributed by atoms with Crippen molar-refractivity contribution in [3.05, 3.63) is 81.9 Å². The molecule has 3 atom stereocenters. The van der Waals surface area contributed by atoms with E-state index in [1.165, 1.54) is 12.1 Å². The van der Waals surface area contributed by atoms with Crippen molar-refractivity contribution in [3.63, 3.8) is 0 Å². The van der Waals surface area contributed by atoms with Crippen LogP contribution in [0.4, 0.5) is 17.6 Å². The van der Waals surface area contributed by atoms with E-state index >= 15 is 0 Å². The predicted molar refractivity (Wildman–Crippen MR) is 121 cm³/mol. The zero-order valence-electron chi connectivity index (χ0n) is 19.8. The molecule has 3 aromatic rings. The summed E-state index contributed by atoms with van der Waals surface area (Å²) in [5.41, 5.74) is 2.58. The number of nitrogens with one attached hydrogen (secondary N) is 1. The molecule has 0 radical (unpaired) electrons. The van der Waals surface area contributed by atoms with Gasteiger partial charge in [-0.2, -0.15) is 28.6 Å². The Morgan fingerprint density at radius 3 is 2.54 bits per heavy atom.